The van der Waals surface area contributed by atoms with E-state index in [1.165, 1.54) is 13.3 Å². The van der Waals surface area contributed by atoms with E-state index < -0.39 is 22.8 Å². The average molecular weight is 488 g/mol. The molecule has 0 bridgehead atoms. The molecular weight excluding hydrogens is 457 g/mol. The summed E-state index contributed by atoms with van der Waals surface area (Å²) in [5.41, 5.74) is -1.33. The van der Waals surface area contributed by atoms with Crippen LogP contribution in [0.2, 0.25) is 0 Å². The number of halogens is 1. The van der Waals surface area contributed by atoms with Crippen LogP contribution in [0.15, 0.2) is 17.1 Å². The van der Waals surface area contributed by atoms with Gasteiger partial charge in [-0.2, -0.15) is 0 Å². The Morgan fingerprint density at radius 1 is 1.31 bits per heavy atom. The van der Waals surface area contributed by atoms with Gasteiger partial charge in [0.05, 0.1) is 24.6 Å². The quantitative estimate of drug-likeness (QED) is 0.574. The molecule has 2 aliphatic carbocycles. The van der Waals surface area contributed by atoms with E-state index in [1.54, 1.807) is 4.57 Å². The number of aromatic nitrogens is 1. The summed E-state index contributed by atoms with van der Waals surface area (Å²) >= 11 is 0. The monoisotopic (exact) mass is 487 g/mol. The van der Waals surface area contributed by atoms with Gasteiger partial charge >= 0.3 is 11.9 Å². The lowest BCUT2D eigenvalue weighted by Crippen LogP contribution is -2.43. The predicted octanol–water partition coefficient (Wildman–Crippen LogP) is 2.69. The number of nitrogens with zero attached hydrogens (tertiary/aromatic N) is 2. The van der Waals surface area contributed by atoms with Gasteiger partial charge < -0.3 is 24.0 Å². The highest BCUT2D eigenvalue weighted by atomic mass is 19.1. The van der Waals surface area contributed by atoms with Crippen LogP contribution in [0.5, 0.6) is 5.75 Å². The molecule has 3 fully saturated rings. The minimum atomic E-state index is -1.34. The van der Waals surface area contributed by atoms with Crippen molar-refractivity contribution in [3.63, 3.8) is 0 Å². The van der Waals surface area contributed by atoms with Gasteiger partial charge in [0, 0.05) is 30.9 Å². The molecule has 9 nitrogen and oxygen atoms in total. The van der Waals surface area contributed by atoms with E-state index in [0.717, 1.165) is 25.3 Å². The van der Waals surface area contributed by atoms with Gasteiger partial charge in [-0.15, -0.1) is 0 Å². The number of carboxylic acid groups (broad SMARTS) is 1. The molecule has 1 aromatic heterocycles. The van der Waals surface area contributed by atoms with Crippen LogP contribution >= 0.6 is 0 Å². The number of carbonyl (C=O) groups is 2. The standard InChI is InChI=1S/C25H30FN3O6/c1-24(2,3)35-18(30)9-27-25-8-13(25)10-28(12-25)20-17(26)7-15-19(22(20)34-4)29(14-5-6-14)11-16(21(15)31)23(32)33/h7,11,13-14,27H,5-6,8-10,12H2,1-4H3,(H,32,33). The number of nitrogens with one attached hydrogen (secondary N) is 1. The minimum Gasteiger partial charge on any atom is -0.492 e. The molecule has 0 spiro atoms. The van der Waals surface area contributed by atoms with Crippen molar-refractivity contribution in [1.82, 2.24) is 9.88 Å². The van der Waals surface area contributed by atoms with Gasteiger partial charge in [0.25, 0.3) is 0 Å². The molecule has 0 amide bonds. The maximum absolute atomic E-state index is 15.5. The van der Waals surface area contributed by atoms with Gasteiger partial charge in [-0.05, 0) is 52.0 Å². The fourth-order valence-electron chi connectivity index (χ4n) is 5.28. The van der Waals surface area contributed by atoms with E-state index in [2.05, 4.69) is 5.32 Å². The Kier molecular flexibility index (Phi) is 5.35. The second-order valence-corrected chi connectivity index (χ2v) is 10.8. The number of fused-ring (bicyclic) bond motifs is 2. The van der Waals surface area contributed by atoms with Gasteiger partial charge in [-0.1, -0.05) is 0 Å². The van der Waals surface area contributed by atoms with Crippen molar-refractivity contribution in [2.24, 2.45) is 5.92 Å². The van der Waals surface area contributed by atoms with Crippen molar-refractivity contribution in [3.05, 3.63) is 33.9 Å². The van der Waals surface area contributed by atoms with Crippen molar-refractivity contribution in [1.29, 1.82) is 0 Å². The largest absolute Gasteiger partial charge is 0.492 e. The summed E-state index contributed by atoms with van der Waals surface area (Å²) in [6.45, 7) is 6.56. The summed E-state index contributed by atoms with van der Waals surface area (Å²) in [6.07, 6.45) is 3.91. The summed E-state index contributed by atoms with van der Waals surface area (Å²) in [4.78, 5) is 38.6. The number of benzene rings is 1. The Balaban J connectivity index is 1.49. The number of rotatable bonds is 7. The minimum absolute atomic E-state index is 0.00276. The van der Waals surface area contributed by atoms with E-state index in [9.17, 15) is 19.5 Å². The molecule has 0 radical (unpaired) electrons. The normalized spacial score (nSPS) is 23.3. The smallest absolute Gasteiger partial charge is 0.341 e. The first-order chi connectivity index (χ1) is 16.4. The molecule has 188 valence electrons. The number of hydrogen-bond acceptors (Lipinski definition) is 7. The van der Waals surface area contributed by atoms with Crippen molar-refractivity contribution < 1.29 is 28.6 Å². The summed E-state index contributed by atoms with van der Waals surface area (Å²) in [7, 11) is 1.43. The van der Waals surface area contributed by atoms with E-state index in [4.69, 9.17) is 9.47 Å². The van der Waals surface area contributed by atoms with Crippen LogP contribution in [0.4, 0.5) is 10.1 Å². The fourth-order valence-corrected chi connectivity index (χ4v) is 5.28. The van der Waals surface area contributed by atoms with Crippen molar-refractivity contribution in [2.75, 3.05) is 31.6 Å². The Morgan fingerprint density at radius 2 is 2.03 bits per heavy atom. The molecule has 2 heterocycles. The first-order valence-corrected chi connectivity index (χ1v) is 11.8. The SMILES string of the molecule is COc1c(N2CC3CC3(NCC(=O)OC(C)(C)C)C2)c(F)cc2c(=O)c(C(=O)O)cn(C3CC3)c12. The van der Waals surface area contributed by atoms with Crippen LogP contribution in [0.3, 0.4) is 0 Å². The van der Waals surface area contributed by atoms with Gasteiger partial charge in [-0.25, -0.2) is 9.18 Å². The van der Waals surface area contributed by atoms with Crippen LogP contribution < -0.4 is 20.4 Å². The molecule has 2 N–H and O–H groups in total. The number of hydrogen-bond donors (Lipinski definition) is 2. The third-order valence-electron chi connectivity index (χ3n) is 7.04. The molecule has 2 unspecified atom stereocenters. The lowest BCUT2D eigenvalue weighted by atomic mass is 10.1. The van der Waals surface area contributed by atoms with E-state index >= 15 is 4.39 Å². The van der Waals surface area contributed by atoms with Crippen LogP contribution in [0.1, 0.15) is 56.4 Å². The third-order valence-corrected chi connectivity index (χ3v) is 7.04. The van der Waals surface area contributed by atoms with Gasteiger partial charge in [-0.3, -0.25) is 14.9 Å². The van der Waals surface area contributed by atoms with Crippen molar-refractivity contribution in [3.8, 4) is 5.75 Å². The zero-order chi connectivity index (χ0) is 25.3. The summed E-state index contributed by atoms with van der Waals surface area (Å²) in [5, 5.41) is 12.8. The first-order valence-electron chi connectivity index (χ1n) is 11.8. The zero-order valence-electron chi connectivity index (χ0n) is 20.3. The molecule has 2 atom stereocenters. The molecule has 3 aliphatic rings. The second kappa shape index (κ2) is 7.94. The lowest BCUT2D eigenvalue weighted by Gasteiger charge is -2.27. The number of ether oxygens (including phenoxy) is 2. The second-order valence-electron chi connectivity index (χ2n) is 10.8. The number of anilines is 1. The number of pyridine rings is 1. The fraction of sp³-hybridized carbons (Fsp3) is 0.560. The summed E-state index contributed by atoms with van der Waals surface area (Å²) in [5.74, 6) is -1.85. The van der Waals surface area contributed by atoms with Gasteiger partial charge in [0.2, 0.25) is 5.43 Å². The van der Waals surface area contributed by atoms with Crippen LogP contribution in [0, 0.1) is 11.7 Å². The highest BCUT2D eigenvalue weighted by molar-refractivity contribution is 5.97. The zero-order valence-corrected chi connectivity index (χ0v) is 20.3. The lowest BCUT2D eigenvalue weighted by molar-refractivity contribution is -0.153. The van der Waals surface area contributed by atoms with E-state index in [0.29, 0.717) is 18.6 Å². The molecule has 1 aliphatic heterocycles. The number of methoxy groups -OCH3 is 1. The maximum Gasteiger partial charge on any atom is 0.341 e. The van der Waals surface area contributed by atoms with Crippen LogP contribution in [-0.4, -0.2) is 59.5 Å². The number of esters is 1. The Bertz CT molecular complexity index is 1300. The molecule has 5 rings (SSSR count). The number of carbonyl (C=O) groups excluding carboxylic acids is 1. The molecule has 10 heteroatoms. The van der Waals surface area contributed by atoms with Crippen LogP contribution in [0.25, 0.3) is 10.9 Å². The maximum atomic E-state index is 15.5. The molecular formula is C25H30FN3O6. The highest BCUT2D eigenvalue weighted by Crippen LogP contribution is 2.53. The molecule has 1 saturated heterocycles. The third kappa shape index (κ3) is 4.13. The Hall–Kier alpha value is -3.14. The summed E-state index contributed by atoms with van der Waals surface area (Å²) in [6, 6.07) is 1.17. The highest BCUT2D eigenvalue weighted by Gasteiger charge is 2.60. The Morgan fingerprint density at radius 3 is 2.63 bits per heavy atom. The summed E-state index contributed by atoms with van der Waals surface area (Å²) < 4.78 is 28.3. The molecule has 1 aromatic carbocycles. The van der Waals surface area contributed by atoms with Crippen LogP contribution in [-0.2, 0) is 9.53 Å². The molecule has 35 heavy (non-hydrogen) atoms. The van der Waals surface area contributed by atoms with Crippen molar-refractivity contribution >= 4 is 28.5 Å². The molecule has 2 saturated carbocycles. The average Bonchev–Trinajstić information content (AvgIpc) is 3.68. The van der Waals surface area contributed by atoms with Gasteiger partial charge in [0.1, 0.15) is 16.9 Å². The Labute approximate surface area is 201 Å². The number of aromatic carboxylic acids is 1. The predicted molar refractivity (Wildman–Crippen MR) is 127 cm³/mol. The number of carboxylic acids is 1. The molecule has 2 aromatic rings. The van der Waals surface area contributed by atoms with Gasteiger partial charge in [0.15, 0.2) is 11.6 Å². The number of piperidine rings is 1. The topological polar surface area (TPSA) is 110 Å². The van der Waals surface area contributed by atoms with Crippen molar-refractivity contribution in [2.45, 2.75) is 57.2 Å². The van der Waals surface area contributed by atoms with E-state index in [-0.39, 0.29) is 52.4 Å². The first kappa shape index (κ1) is 23.6. The van der Waals surface area contributed by atoms with E-state index in [1.807, 2.05) is 25.7 Å².